The second-order valence-electron chi connectivity index (χ2n) is 4.83. The first-order valence-corrected chi connectivity index (χ1v) is 7.77. The summed E-state index contributed by atoms with van der Waals surface area (Å²) in [5, 5.41) is 0.688. The van der Waals surface area contributed by atoms with Gasteiger partial charge in [-0.05, 0) is 54.3 Å². The summed E-state index contributed by atoms with van der Waals surface area (Å²) in [5.41, 5.74) is 6.22. The summed E-state index contributed by atoms with van der Waals surface area (Å²) >= 11 is 9.64. The van der Waals surface area contributed by atoms with Crippen LogP contribution in [0.4, 0.5) is 0 Å². The molecule has 3 N–H and O–H groups in total. The van der Waals surface area contributed by atoms with Gasteiger partial charge in [0.25, 0.3) is 0 Å². The highest BCUT2D eigenvalue weighted by Gasteiger charge is 2.16. The van der Waals surface area contributed by atoms with Gasteiger partial charge in [0.05, 0.1) is 13.2 Å². The van der Waals surface area contributed by atoms with Gasteiger partial charge in [-0.25, -0.2) is 0 Å². The molecule has 2 aromatic carbocycles. The van der Waals surface area contributed by atoms with Gasteiger partial charge in [0.15, 0.2) is 0 Å². The Morgan fingerprint density at radius 1 is 1.33 bits per heavy atom. The number of hydrogen-bond acceptors (Lipinski definition) is 3. The number of ether oxygens (including phenoxy) is 1. The molecule has 2 aromatic rings. The van der Waals surface area contributed by atoms with Crippen LogP contribution in [0.25, 0.3) is 0 Å². The molecule has 0 aliphatic rings. The fourth-order valence-electron chi connectivity index (χ4n) is 2.39. The summed E-state index contributed by atoms with van der Waals surface area (Å²) in [6, 6.07) is 11.7. The molecule has 5 heteroatoms. The number of nitrogens with one attached hydrogen (secondary N) is 1. The largest absolute Gasteiger partial charge is 0.496 e. The number of hydrogen-bond donors (Lipinski definition) is 2. The molecule has 0 amide bonds. The van der Waals surface area contributed by atoms with Gasteiger partial charge in [-0.1, -0.05) is 39.7 Å². The van der Waals surface area contributed by atoms with Crippen LogP contribution >= 0.6 is 27.5 Å². The topological polar surface area (TPSA) is 47.3 Å². The van der Waals surface area contributed by atoms with Crippen molar-refractivity contribution in [3.8, 4) is 5.75 Å². The highest BCUT2D eigenvalue weighted by molar-refractivity contribution is 9.10. The summed E-state index contributed by atoms with van der Waals surface area (Å²) in [4.78, 5) is 0. The van der Waals surface area contributed by atoms with Crippen molar-refractivity contribution in [2.45, 2.75) is 19.4 Å². The zero-order valence-electron chi connectivity index (χ0n) is 12.0. The molecule has 0 saturated heterocycles. The maximum absolute atomic E-state index is 6.09. The van der Waals surface area contributed by atoms with Crippen LogP contribution in [0.1, 0.15) is 22.7 Å². The molecule has 0 heterocycles. The third-order valence-electron chi connectivity index (χ3n) is 3.55. The highest BCUT2D eigenvalue weighted by Crippen LogP contribution is 2.30. The fourth-order valence-corrected chi connectivity index (χ4v) is 2.96. The minimum absolute atomic E-state index is 0.0186. The Balaban J connectivity index is 2.35. The Morgan fingerprint density at radius 3 is 2.76 bits per heavy atom. The SMILES string of the molecule is COc1ccc(Cl)cc1CC(NN)c1cccc(Br)c1C. The van der Waals surface area contributed by atoms with Crippen molar-refractivity contribution < 1.29 is 4.74 Å². The predicted octanol–water partition coefficient (Wildman–Crippen LogP) is 4.17. The smallest absolute Gasteiger partial charge is 0.122 e. The van der Waals surface area contributed by atoms with Crippen LogP contribution in [-0.2, 0) is 6.42 Å². The molecule has 0 aromatic heterocycles. The van der Waals surface area contributed by atoms with Crippen LogP contribution in [0.5, 0.6) is 5.75 Å². The van der Waals surface area contributed by atoms with Gasteiger partial charge < -0.3 is 4.74 Å². The molecule has 0 bridgehead atoms. The molecule has 0 aliphatic heterocycles. The van der Waals surface area contributed by atoms with Gasteiger partial charge in [-0.15, -0.1) is 0 Å². The molecule has 21 heavy (non-hydrogen) atoms. The highest BCUT2D eigenvalue weighted by atomic mass is 79.9. The van der Waals surface area contributed by atoms with Crippen molar-refractivity contribution in [1.29, 1.82) is 0 Å². The third-order valence-corrected chi connectivity index (χ3v) is 4.65. The minimum Gasteiger partial charge on any atom is -0.496 e. The Hall–Kier alpha value is -1.07. The van der Waals surface area contributed by atoms with E-state index in [1.54, 1.807) is 7.11 Å². The number of halogens is 2. The van der Waals surface area contributed by atoms with Crippen LogP contribution in [0.15, 0.2) is 40.9 Å². The maximum atomic E-state index is 6.09. The van der Waals surface area contributed by atoms with E-state index in [-0.39, 0.29) is 6.04 Å². The van der Waals surface area contributed by atoms with E-state index in [1.165, 1.54) is 5.56 Å². The summed E-state index contributed by atoms with van der Waals surface area (Å²) < 4.78 is 6.47. The Morgan fingerprint density at radius 2 is 2.10 bits per heavy atom. The van der Waals surface area contributed by atoms with E-state index in [4.69, 9.17) is 22.2 Å². The molecular formula is C16H18BrClN2O. The van der Waals surface area contributed by atoms with Crippen molar-refractivity contribution in [2.24, 2.45) is 5.84 Å². The Labute approximate surface area is 138 Å². The van der Waals surface area contributed by atoms with E-state index < -0.39 is 0 Å². The van der Waals surface area contributed by atoms with E-state index in [0.717, 1.165) is 21.3 Å². The second-order valence-corrected chi connectivity index (χ2v) is 6.12. The molecule has 0 aliphatic carbocycles. The van der Waals surface area contributed by atoms with Crippen LogP contribution in [0.2, 0.25) is 5.02 Å². The molecule has 3 nitrogen and oxygen atoms in total. The molecule has 0 radical (unpaired) electrons. The maximum Gasteiger partial charge on any atom is 0.122 e. The van der Waals surface area contributed by atoms with Gasteiger partial charge in [0.1, 0.15) is 5.75 Å². The molecule has 0 saturated carbocycles. The van der Waals surface area contributed by atoms with E-state index in [9.17, 15) is 0 Å². The van der Waals surface area contributed by atoms with E-state index in [2.05, 4.69) is 34.3 Å². The first kappa shape index (κ1) is 16.3. The number of hydrazine groups is 1. The summed E-state index contributed by atoms with van der Waals surface area (Å²) in [5.74, 6) is 6.57. The quantitative estimate of drug-likeness (QED) is 0.614. The van der Waals surface area contributed by atoms with Crippen molar-refractivity contribution in [1.82, 2.24) is 5.43 Å². The molecule has 2 rings (SSSR count). The number of nitrogens with two attached hydrogens (primary N) is 1. The van der Waals surface area contributed by atoms with Crippen molar-refractivity contribution in [3.05, 3.63) is 62.6 Å². The van der Waals surface area contributed by atoms with Crippen LogP contribution in [0, 0.1) is 6.92 Å². The van der Waals surface area contributed by atoms with Crippen LogP contribution in [0.3, 0.4) is 0 Å². The normalized spacial score (nSPS) is 12.2. The van der Waals surface area contributed by atoms with E-state index in [1.807, 2.05) is 30.3 Å². The number of methoxy groups -OCH3 is 1. The summed E-state index contributed by atoms with van der Waals surface area (Å²) in [6.45, 7) is 2.07. The fraction of sp³-hybridized carbons (Fsp3) is 0.250. The second kappa shape index (κ2) is 7.27. The molecule has 0 spiro atoms. The lowest BCUT2D eigenvalue weighted by atomic mass is 9.95. The molecular weight excluding hydrogens is 352 g/mol. The number of benzene rings is 2. The average Bonchev–Trinajstić information content (AvgIpc) is 2.48. The monoisotopic (exact) mass is 368 g/mol. The lowest BCUT2D eigenvalue weighted by Gasteiger charge is -2.20. The average molecular weight is 370 g/mol. The van der Waals surface area contributed by atoms with E-state index in [0.29, 0.717) is 11.4 Å². The summed E-state index contributed by atoms with van der Waals surface area (Å²) in [6.07, 6.45) is 0.692. The van der Waals surface area contributed by atoms with Gasteiger partial charge in [0, 0.05) is 9.50 Å². The molecule has 112 valence electrons. The first-order chi connectivity index (χ1) is 10.1. The van der Waals surface area contributed by atoms with Gasteiger partial charge in [0.2, 0.25) is 0 Å². The van der Waals surface area contributed by atoms with Crippen LogP contribution < -0.4 is 16.0 Å². The summed E-state index contributed by atoms with van der Waals surface area (Å²) in [7, 11) is 1.65. The molecule has 1 unspecified atom stereocenters. The van der Waals surface area contributed by atoms with Gasteiger partial charge >= 0.3 is 0 Å². The third kappa shape index (κ3) is 3.77. The standard InChI is InChI=1S/C16H18BrClN2O/c1-10-13(4-3-5-14(10)17)15(20-19)9-11-8-12(18)6-7-16(11)21-2/h3-8,15,20H,9,19H2,1-2H3. The zero-order valence-corrected chi connectivity index (χ0v) is 14.3. The van der Waals surface area contributed by atoms with Gasteiger partial charge in [-0.3, -0.25) is 11.3 Å². The van der Waals surface area contributed by atoms with Crippen molar-refractivity contribution in [2.75, 3.05) is 7.11 Å². The van der Waals surface area contributed by atoms with Crippen molar-refractivity contribution >= 4 is 27.5 Å². The number of rotatable bonds is 5. The zero-order chi connectivity index (χ0) is 15.4. The predicted molar refractivity (Wildman–Crippen MR) is 90.7 cm³/mol. The van der Waals surface area contributed by atoms with Gasteiger partial charge in [-0.2, -0.15) is 0 Å². The lowest BCUT2D eigenvalue weighted by molar-refractivity contribution is 0.405. The molecule has 1 atom stereocenters. The van der Waals surface area contributed by atoms with Crippen LogP contribution in [-0.4, -0.2) is 7.11 Å². The minimum atomic E-state index is -0.0186. The van der Waals surface area contributed by atoms with Crippen molar-refractivity contribution in [3.63, 3.8) is 0 Å². The molecule has 0 fully saturated rings. The first-order valence-electron chi connectivity index (χ1n) is 6.60. The van der Waals surface area contributed by atoms with E-state index >= 15 is 0 Å². The lowest BCUT2D eigenvalue weighted by Crippen LogP contribution is -2.30. The Bertz CT molecular complexity index is 634. The Kier molecular flexibility index (Phi) is 5.65.